The minimum Gasteiger partial charge on any atom is -0.396 e. The summed E-state index contributed by atoms with van der Waals surface area (Å²) in [6.45, 7) is 5.77. The maximum absolute atomic E-state index is 12.4. The van der Waals surface area contributed by atoms with E-state index in [1.165, 1.54) is 11.3 Å². The Bertz CT molecular complexity index is 439. The van der Waals surface area contributed by atoms with Crippen LogP contribution in [0.4, 0.5) is 0 Å². The molecule has 1 aliphatic heterocycles. The summed E-state index contributed by atoms with van der Waals surface area (Å²) in [4.78, 5) is 17.0. The molecule has 106 valence electrons. The van der Waals surface area contributed by atoms with Crippen LogP contribution in [0.1, 0.15) is 45.8 Å². The van der Waals surface area contributed by atoms with Gasteiger partial charge in [-0.25, -0.2) is 0 Å². The minimum atomic E-state index is 0.214. The average Bonchev–Trinajstić information content (AvgIpc) is 2.71. The highest BCUT2D eigenvalue weighted by Gasteiger charge is 2.25. The number of aliphatic hydroxyl groups excluding tert-OH is 1. The number of rotatable bonds is 5. The number of aliphatic hydroxyl groups is 1. The van der Waals surface area contributed by atoms with Crippen molar-refractivity contribution in [2.75, 3.05) is 19.7 Å². The summed E-state index contributed by atoms with van der Waals surface area (Å²) in [5.41, 5.74) is 0.885. The van der Waals surface area contributed by atoms with Gasteiger partial charge in [0.1, 0.15) is 0 Å². The molecule has 2 heterocycles. The zero-order valence-corrected chi connectivity index (χ0v) is 12.6. The van der Waals surface area contributed by atoms with Crippen LogP contribution < -0.4 is 0 Å². The summed E-state index contributed by atoms with van der Waals surface area (Å²) in [5, 5.41) is 9.12. The molecular formula is C15H23NO2S. The number of Topliss-reactive ketones (excluding diaryl/α,β-unsaturated/α-hetero) is 1. The molecule has 0 aliphatic carbocycles. The van der Waals surface area contributed by atoms with Gasteiger partial charge in [-0.3, -0.25) is 9.69 Å². The number of aryl methyl sites for hydroxylation is 2. The van der Waals surface area contributed by atoms with Crippen LogP contribution in [0.3, 0.4) is 0 Å². The second-order valence-corrected chi connectivity index (χ2v) is 6.84. The lowest BCUT2D eigenvalue weighted by molar-refractivity contribution is 0.0799. The smallest absolute Gasteiger partial charge is 0.177 e. The first kappa shape index (κ1) is 14.7. The third-order valence-electron chi connectivity index (χ3n) is 3.90. The Hall–Kier alpha value is -0.710. The van der Waals surface area contributed by atoms with Crippen LogP contribution in [0.25, 0.3) is 0 Å². The Labute approximate surface area is 119 Å². The van der Waals surface area contributed by atoms with Crippen molar-refractivity contribution in [3.63, 3.8) is 0 Å². The van der Waals surface area contributed by atoms with Gasteiger partial charge in [-0.2, -0.15) is 0 Å². The van der Waals surface area contributed by atoms with Gasteiger partial charge in [-0.05, 0) is 45.7 Å². The second kappa shape index (κ2) is 6.64. The topological polar surface area (TPSA) is 40.5 Å². The van der Waals surface area contributed by atoms with Gasteiger partial charge in [0.2, 0.25) is 0 Å². The molecule has 1 aliphatic rings. The molecule has 0 spiro atoms. The molecule has 0 aromatic carbocycles. The van der Waals surface area contributed by atoms with E-state index in [1.54, 1.807) is 11.3 Å². The molecule has 4 heteroatoms. The monoisotopic (exact) mass is 281 g/mol. The van der Waals surface area contributed by atoms with Crippen LogP contribution in [0.5, 0.6) is 0 Å². The van der Waals surface area contributed by atoms with Crippen molar-refractivity contribution in [2.45, 2.75) is 45.6 Å². The first-order valence-electron chi connectivity index (χ1n) is 7.07. The lowest BCUT2D eigenvalue weighted by Crippen LogP contribution is -2.43. The van der Waals surface area contributed by atoms with Crippen LogP contribution in [0.15, 0.2) is 6.07 Å². The molecule has 1 saturated heterocycles. The van der Waals surface area contributed by atoms with E-state index < -0.39 is 0 Å². The number of hydrogen-bond donors (Lipinski definition) is 1. The number of ketones is 1. The van der Waals surface area contributed by atoms with Crippen molar-refractivity contribution in [2.24, 2.45) is 0 Å². The van der Waals surface area contributed by atoms with Gasteiger partial charge >= 0.3 is 0 Å². The Morgan fingerprint density at radius 2 is 2.26 bits per heavy atom. The van der Waals surface area contributed by atoms with Crippen molar-refractivity contribution in [1.29, 1.82) is 0 Å². The lowest BCUT2D eigenvalue weighted by atomic mass is 9.98. The normalized spacial score (nSPS) is 20.7. The average molecular weight is 281 g/mol. The highest BCUT2D eigenvalue weighted by Crippen LogP contribution is 2.23. The number of hydrogen-bond acceptors (Lipinski definition) is 4. The third kappa shape index (κ3) is 3.65. The molecule has 3 nitrogen and oxygen atoms in total. The van der Waals surface area contributed by atoms with Gasteiger partial charge in [0.15, 0.2) is 5.78 Å². The van der Waals surface area contributed by atoms with Gasteiger partial charge in [0, 0.05) is 28.0 Å². The van der Waals surface area contributed by atoms with Crippen LogP contribution in [0, 0.1) is 13.8 Å². The Morgan fingerprint density at radius 3 is 2.89 bits per heavy atom. The molecule has 1 unspecified atom stereocenters. The molecule has 1 aromatic rings. The quantitative estimate of drug-likeness (QED) is 0.844. The van der Waals surface area contributed by atoms with E-state index in [2.05, 4.69) is 4.90 Å². The molecule has 1 atom stereocenters. The largest absolute Gasteiger partial charge is 0.396 e. The molecule has 0 saturated carbocycles. The van der Waals surface area contributed by atoms with Crippen LogP contribution >= 0.6 is 11.3 Å². The standard InChI is InChI=1S/C15H23NO2S/c1-11-9-14(12(2)19-11)15(18)10-16-7-4-3-5-13(16)6-8-17/h9,13,17H,3-8,10H2,1-2H3. The Balaban J connectivity index is 2.02. The number of thiophene rings is 1. The number of piperidine rings is 1. The number of carbonyl (C=O) groups excluding carboxylic acids is 1. The number of likely N-dealkylation sites (tertiary alicyclic amines) is 1. The van der Waals surface area contributed by atoms with Gasteiger partial charge in [0.25, 0.3) is 0 Å². The summed E-state index contributed by atoms with van der Waals surface area (Å²) < 4.78 is 0. The fourth-order valence-electron chi connectivity index (χ4n) is 2.92. The Kier molecular flexibility index (Phi) is 5.13. The van der Waals surface area contributed by atoms with E-state index >= 15 is 0 Å². The van der Waals surface area contributed by atoms with Gasteiger partial charge in [-0.1, -0.05) is 6.42 Å². The SMILES string of the molecule is Cc1cc(C(=O)CN2CCCCC2CCO)c(C)s1. The summed E-state index contributed by atoms with van der Waals surface area (Å²) >= 11 is 1.69. The van der Waals surface area contributed by atoms with Crippen LogP contribution in [-0.4, -0.2) is 41.5 Å². The zero-order valence-electron chi connectivity index (χ0n) is 11.8. The maximum atomic E-state index is 12.4. The van der Waals surface area contributed by atoms with E-state index in [-0.39, 0.29) is 12.4 Å². The van der Waals surface area contributed by atoms with Crippen molar-refractivity contribution in [3.8, 4) is 0 Å². The third-order valence-corrected chi connectivity index (χ3v) is 4.87. The van der Waals surface area contributed by atoms with Crippen molar-refractivity contribution in [3.05, 3.63) is 21.4 Å². The fourth-order valence-corrected chi connectivity index (χ4v) is 3.86. The van der Waals surface area contributed by atoms with Gasteiger partial charge in [-0.15, -0.1) is 11.3 Å². The molecule has 1 fully saturated rings. The minimum absolute atomic E-state index is 0.214. The molecule has 0 radical (unpaired) electrons. The predicted octanol–water partition coefficient (Wildman–Crippen LogP) is 2.78. The van der Waals surface area contributed by atoms with E-state index in [0.29, 0.717) is 12.6 Å². The summed E-state index contributed by atoms with van der Waals surface area (Å²) in [7, 11) is 0. The van der Waals surface area contributed by atoms with E-state index in [4.69, 9.17) is 5.11 Å². The van der Waals surface area contributed by atoms with Crippen molar-refractivity contribution in [1.82, 2.24) is 4.90 Å². The molecule has 2 rings (SSSR count). The number of carbonyl (C=O) groups is 1. The highest BCUT2D eigenvalue weighted by molar-refractivity contribution is 7.12. The van der Waals surface area contributed by atoms with Crippen LogP contribution in [-0.2, 0) is 0 Å². The molecular weight excluding hydrogens is 258 g/mol. The number of nitrogens with zero attached hydrogens (tertiary/aromatic N) is 1. The summed E-state index contributed by atoms with van der Waals surface area (Å²) in [6.07, 6.45) is 4.27. The van der Waals surface area contributed by atoms with Crippen LogP contribution in [0.2, 0.25) is 0 Å². The van der Waals surface area contributed by atoms with E-state index in [0.717, 1.165) is 36.2 Å². The first-order valence-corrected chi connectivity index (χ1v) is 7.88. The second-order valence-electron chi connectivity index (χ2n) is 5.38. The summed E-state index contributed by atoms with van der Waals surface area (Å²) in [5.74, 6) is 0.228. The van der Waals surface area contributed by atoms with Gasteiger partial charge in [0.05, 0.1) is 6.54 Å². The van der Waals surface area contributed by atoms with Crippen molar-refractivity contribution < 1.29 is 9.90 Å². The van der Waals surface area contributed by atoms with Crippen molar-refractivity contribution >= 4 is 17.1 Å². The van der Waals surface area contributed by atoms with Gasteiger partial charge < -0.3 is 5.11 Å². The molecule has 0 bridgehead atoms. The molecule has 1 N–H and O–H groups in total. The van der Waals surface area contributed by atoms with E-state index in [9.17, 15) is 4.79 Å². The van der Waals surface area contributed by atoms with E-state index in [1.807, 2.05) is 19.9 Å². The zero-order chi connectivity index (χ0) is 13.8. The lowest BCUT2D eigenvalue weighted by Gasteiger charge is -2.34. The Morgan fingerprint density at radius 1 is 1.47 bits per heavy atom. The summed E-state index contributed by atoms with van der Waals surface area (Å²) in [6, 6.07) is 2.38. The molecule has 1 aromatic heterocycles. The fraction of sp³-hybridized carbons (Fsp3) is 0.667. The molecule has 19 heavy (non-hydrogen) atoms. The molecule has 0 amide bonds. The maximum Gasteiger partial charge on any atom is 0.177 e. The highest BCUT2D eigenvalue weighted by atomic mass is 32.1. The predicted molar refractivity (Wildman–Crippen MR) is 79.0 cm³/mol. The first-order chi connectivity index (χ1) is 9.11.